The van der Waals surface area contributed by atoms with Gasteiger partial charge in [-0.1, -0.05) is 71.7 Å². The Morgan fingerprint density at radius 1 is 0.915 bits per heavy atom. The molecule has 1 spiro atoms. The molecule has 47 heavy (non-hydrogen) atoms. The molecule has 4 atom stereocenters. The van der Waals surface area contributed by atoms with Crippen molar-refractivity contribution in [3.05, 3.63) is 128 Å². The minimum absolute atomic E-state index is 0.174. The molecule has 3 aliphatic carbocycles. The molecule has 238 valence electrons. The second kappa shape index (κ2) is 10.3. The van der Waals surface area contributed by atoms with Crippen molar-refractivity contribution in [2.24, 2.45) is 5.92 Å². The van der Waals surface area contributed by atoms with Gasteiger partial charge >= 0.3 is 0 Å². The average Bonchev–Trinajstić information content (AvgIpc) is 3.75. The molecule has 3 heterocycles. The van der Waals surface area contributed by atoms with Crippen LogP contribution in [0.1, 0.15) is 58.9 Å². The van der Waals surface area contributed by atoms with Crippen LogP contribution in [0.15, 0.2) is 84.9 Å². The molecule has 1 aromatic heterocycles. The summed E-state index contributed by atoms with van der Waals surface area (Å²) in [6.07, 6.45) is 4.85. The number of ether oxygens (including phenoxy) is 2. The van der Waals surface area contributed by atoms with Gasteiger partial charge < -0.3 is 19.1 Å². The number of halogens is 2. The lowest BCUT2D eigenvalue weighted by Gasteiger charge is -2.64. The smallest absolute Gasteiger partial charge is 0.166 e. The number of phenolic OH excluding ortho intramolecular Hbond substituents is 1. The summed E-state index contributed by atoms with van der Waals surface area (Å²) < 4.78 is 17.2. The van der Waals surface area contributed by atoms with Crippen LogP contribution in [0.25, 0.3) is 10.9 Å². The molecule has 1 saturated carbocycles. The third-order valence-corrected chi connectivity index (χ3v) is 12.4. The zero-order chi connectivity index (χ0) is 31.5. The Bertz CT molecular complexity index is 2090. The normalized spacial score (nSPS) is 27.0. The van der Waals surface area contributed by atoms with Crippen molar-refractivity contribution < 1.29 is 14.6 Å². The van der Waals surface area contributed by atoms with Crippen LogP contribution < -0.4 is 4.74 Å². The summed E-state index contributed by atoms with van der Waals surface area (Å²) in [5, 5.41) is 14.1. The molecule has 0 radical (unpaired) electrons. The molecule has 1 N–H and O–H groups in total. The van der Waals surface area contributed by atoms with E-state index in [1.807, 2.05) is 36.4 Å². The summed E-state index contributed by atoms with van der Waals surface area (Å²) in [5.41, 5.74) is 7.31. The van der Waals surface area contributed by atoms with Gasteiger partial charge in [0.05, 0.1) is 17.7 Å². The molecule has 0 amide bonds. The van der Waals surface area contributed by atoms with Crippen molar-refractivity contribution in [3.63, 3.8) is 0 Å². The Morgan fingerprint density at radius 3 is 2.51 bits per heavy atom. The molecule has 2 aliphatic heterocycles. The van der Waals surface area contributed by atoms with Crippen molar-refractivity contribution in [2.75, 3.05) is 13.1 Å². The average molecular weight is 664 g/mol. The number of piperidine rings is 1. The van der Waals surface area contributed by atoms with E-state index in [1.54, 1.807) is 0 Å². The van der Waals surface area contributed by atoms with Gasteiger partial charge in [0.2, 0.25) is 0 Å². The summed E-state index contributed by atoms with van der Waals surface area (Å²) in [6, 6.07) is 29.1. The summed E-state index contributed by atoms with van der Waals surface area (Å²) >= 11 is 13.0. The largest absolute Gasteiger partial charge is 0.504 e. The van der Waals surface area contributed by atoms with Crippen LogP contribution in [0.5, 0.6) is 11.5 Å². The van der Waals surface area contributed by atoms with Crippen LogP contribution in [-0.4, -0.2) is 39.3 Å². The van der Waals surface area contributed by atoms with Crippen molar-refractivity contribution in [3.8, 4) is 11.5 Å². The number of phenols is 1. The quantitative estimate of drug-likeness (QED) is 0.190. The Morgan fingerprint density at radius 2 is 1.70 bits per heavy atom. The van der Waals surface area contributed by atoms with E-state index >= 15 is 0 Å². The van der Waals surface area contributed by atoms with Gasteiger partial charge in [-0.15, -0.1) is 0 Å². The minimum atomic E-state index is -0.572. The molecule has 2 fully saturated rings. The number of aromatic nitrogens is 1. The molecule has 2 bridgehead atoms. The van der Waals surface area contributed by atoms with Crippen LogP contribution in [0.2, 0.25) is 10.0 Å². The first-order valence-corrected chi connectivity index (χ1v) is 17.7. The van der Waals surface area contributed by atoms with E-state index in [4.69, 9.17) is 32.7 Å². The Labute approximate surface area is 284 Å². The van der Waals surface area contributed by atoms with Gasteiger partial charge in [0.15, 0.2) is 17.6 Å². The highest BCUT2D eigenvalue weighted by Gasteiger charge is 2.74. The maximum absolute atomic E-state index is 11.4. The Kier molecular flexibility index (Phi) is 6.23. The summed E-state index contributed by atoms with van der Waals surface area (Å²) in [6.45, 7) is 3.23. The van der Waals surface area contributed by atoms with Crippen molar-refractivity contribution >= 4 is 34.1 Å². The number of rotatable bonds is 7. The molecular formula is C40H36Cl2N2O3. The zero-order valence-corrected chi connectivity index (χ0v) is 27.6. The summed E-state index contributed by atoms with van der Waals surface area (Å²) in [4.78, 5) is 2.75. The standard InChI is InChI=1S/C40H36Cl2N2O3/c41-28-7-3-5-25(17-28)22-44-32-10-2-1-9-30(32)31-20-40(46-23-26-6-4-8-29(42)18-26)34-19-27-13-14-33(45)37-35(27)39(40,38(47-37)36(31)44)15-16-43(34)21-24-11-12-24/h1-10,13-14,17-18,24,34,38,45H,11-12,15-16,19-23H2/t34-,38-,39-,40+/m0/s1. The minimum Gasteiger partial charge on any atom is -0.504 e. The maximum atomic E-state index is 11.4. The van der Waals surface area contributed by atoms with E-state index in [9.17, 15) is 5.11 Å². The fourth-order valence-corrected chi connectivity index (χ4v) is 10.3. The monoisotopic (exact) mass is 662 g/mol. The number of para-hydroxylation sites is 1. The highest BCUT2D eigenvalue weighted by atomic mass is 35.5. The number of nitrogens with zero attached hydrogens (tertiary/aromatic N) is 2. The lowest BCUT2D eigenvalue weighted by Crippen LogP contribution is -2.75. The Balaban J connectivity index is 1.23. The van der Waals surface area contributed by atoms with Crippen molar-refractivity contribution in [1.82, 2.24) is 9.47 Å². The van der Waals surface area contributed by atoms with Gasteiger partial charge in [0, 0.05) is 52.1 Å². The highest BCUT2D eigenvalue weighted by Crippen LogP contribution is 2.70. The predicted octanol–water partition coefficient (Wildman–Crippen LogP) is 8.63. The van der Waals surface area contributed by atoms with Crippen LogP contribution in [0.3, 0.4) is 0 Å². The third kappa shape index (κ3) is 4.04. The fourth-order valence-electron chi connectivity index (χ4n) is 9.87. The van der Waals surface area contributed by atoms with Crippen molar-refractivity contribution in [1.29, 1.82) is 0 Å². The van der Waals surface area contributed by atoms with Crippen LogP contribution >= 0.6 is 23.2 Å². The first-order chi connectivity index (χ1) is 22.9. The Hall–Kier alpha value is -3.48. The van der Waals surface area contributed by atoms with E-state index in [1.165, 1.54) is 46.1 Å². The molecule has 0 unspecified atom stereocenters. The molecule has 4 aromatic carbocycles. The van der Waals surface area contributed by atoms with E-state index in [2.05, 4.69) is 58.0 Å². The lowest BCUT2D eigenvalue weighted by molar-refractivity contribution is -0.211. The predicted molar refractivity (Wildman–Crippen MR) is 185 cm³/mol. The SMILES string of the molecule is Oc1ccc2c3c1O[C@H]1c4c(c5ccccc5n4Cc4cccc(Cl)c4)C[C@@]4(OCc5cccc(Cl)c5)[C@H](C2)N(CC2CC2)CC[C@]314. The van der Waals surface area contributed by atoms with Gasteiger partial charge in [0.1, 0.15) is 5.60 Å². The van der Waals surface area contributed by atoms with Crippen LogP contribution in [0.4, 0.5) is 0 Å². The summed E-state index contributed by atoms with van der Waals surface area (Å²) in [5.74, 6) is 1.62. The van der Waals surface area contributed by atoms with Crippen LogP contribution in [-0.2, 0) is 36.1 Å². The van der Waals surface area contributed by atoms with Crippen molar-refractivity contribution in [2.45, 2.75) is 68.4 Å². The lowest BCUT2D eigenvalue weighted by atomic mass is 9.48. The number of aromatic hydroxyl groups is 1. The number of hydrogen-bond donors (Lipinski definition) is 1. The number of fused-ring (bicyclic) bond motifs is 4. The first-order valence-electron chi connectivity index (χ1n) is 16.9. The summed E-state index contributed by atoms with van der Waals surface area (Å²) in [7, 11) is 0. The number of likely N-dealkylation sites (tertiary alicyclic amines) is 1. The number of benzene rings is 4. The van der Waals surface area contributed by atoms with Crippen LogP contribution in [0, 0.1) is 5.92 Å². The maximum Gasteiger partial charge on any atom is 0.166 e. The number of hydrogen-bond acceptors (Lipinski definition) is 4. The van der Waals surface area contributed by atoms with Gasteiger partial charge in [-0.3, -0.25) is 4.90 Å². The van der Waals surface area contributed by atoms with E-state index in [0.29, 0.717) is 18.9 Å². The molecule has 1 saturated heterocycles. The zero-order valence-electron chi connectivity index (χ0n) is 26.1. The van der Waals surface area contributed by atoms with Gasteiger partial charge in [-0.05, 0) is 96.8 Å². The van der Waals surface area contributed by atoms with Gasteiger partial charge in [0.25, 0.3) is 0 Å². The first kappa shape index (κ1) is 28.5. The fraction of sp³-hybridized carbons (Fsp3) is 0.350. The van der Waals surface area contributed by atoms with Gasteiger partial charge in [-0.2, -0.15) is 0 Å². The molecule has 5 aromatic rings. The second-order valence-electron chi connectivity index (χ2n) is 14.4. The second-order valence-corrected chi connectivity index (χ2v) is 15.3. The van der Waals surface area contributed by atoms with Gasteiger partial charge in [-0.25, -0.2) is 0 Å². The molecule has 5 aliphatic rings. The molecule has 7 heteroatoms. The van der Waals surface area contributed by atoms with E-state index < -0.39 is 11.0 Å². The molecule has 5 nitrogen and oxygen atoms in total. The molecular weight excluding hydrogens is 627 g/mol. The highest BCUT2D eigenvalue weighted by molar-refractivity contribution is 6.30. The molecule has 10 rings (SSSR count). The topological polar surface area (TPSA) is 46.9 Å². The third-order valence-electron chi connectivity index (χ3n) is 11.9. The van der Waals surface area contributed by atoms with E-state index in [-0.39, 0.29) is 17.9 Å². The van der Waals surface area contributed by atoms with E-state index in [0.717, 1.165) is 59.4 Å².